The number of aromatic nitrogens is 1. The number of anilines is 1. The number of aryl methyl sites for hydroxylation is 1. The number of benzene rings is 2. The van der Waals surface area contributed by atoms with Crippen LogP contribution in [0.5, 0.6) is 0 Å². The Kier molecular flexibility index (Phi) is 5.51. The zero-order chi connectivity index (χ0) is 20.2. The summed E-state index contributed by atoms with van der Waals surface area (Å²) in [4.78, 5) is 32.1. The summed E-state index contributed by atoms with van der Waals surface area (Å²) in [6, 6.07) is 16.3. The van der Waals surface area contributed by atoms with Crippen LogP contribution in [0.25, 0.3) is 10.9 Å². The summed E-state index contributed by atoms with van der Waals surface area (Å²) in [5, 5.41) is 3.82. The fourth-order valence-electron chi connectivity index (χ4n) is 3.84. The lowest BCUT2D eigenvalue weighted by Crippen LogP contribution is -2.51. The van der Waals surface area contributed by atoms with E-state index in [1.807, 2.05) is 35.4 Å². The van der Waals surface area contributed by atoms with Crippen LogP contribution in [0.1, 0.15) is 11.1 Å². The molecule has 150 valence electrons. The quantitative estimate of drug-likeness (QED) is 0.703. The van der Waals surface area contributed by atoms with Crippen LogP contribution < -0.4 is 10.2 Å². The minimum absolute atomic E-state index is 0.0267. The lowest BCUT2D eigenvalue weighted by molar-refractivity contribution is -0.133. The smallest absolute Gasteiger partial charge is 0.242 e. The first-order chi connectivity index (χ1) is 14.1. The molecule has 1 aliphatic rings. The number of carbonyl (C=O) groups is 2. The Morgan fingerprint density at radius 3 is 2.62 bits per heavy atom. The lowest BCUT2D eigenvalue weighted by atomic mass is 10.1. The number of para-hydroxylation sites is 1. The largest absolute Gasteiger partial charge is 0.368 e. The van der Waals surface area contributed by atoms with E-state index in [-0.39, 0.29) is 24.8 Å². The fraction of sp³-hybridized carbons (Fsp3) is 0.304. The average molecular weight is 390 g/mol. The molecule has 0 radical (unpaired) electrons. The van der Waals surface area contributed by atoms with Gasteiger partial charge in [0.25, 0.3) is 0 Å². The summed E-state index contributed by atoms with van der Waals surface area (Å²) in [7, 11) is 0. The Morgan fingerprint density at radius 1 is 1.03 bits per heavy atom. The van der Waals surface area contributed by atoms with E-state index in [4.69, 9.17) is 0 Å². The third-order valence-electron chi connectivity index (χ3n) is 5.46. The summed E-state index contributed by atoms with van der Waals surface area (Å²) in [5.41, 5.74) is 4.39. The Hall–Kier alpha value is -3.28. The van der Waals surface area contributed by atoms with Crippen LogP contribution in [0.2, 0.25) is 0 Å². The van der Waals surface area contributed by atoms with Crippen LogP contribution in [0.15, 0.2) is 54.7 Å². The van der Waals surface area contributed by atoms with Crippen molar-refractivity contribution < 1.29 is 9.59 Å². The predicted molar refractivity (Wildman–Crippen MR) is 115 cm³/mol. The maximum Gasteiger partial charge on any atom is 0.242 e. The second-order valence-corrected chi connectivity index (χ2v) is 7.52. The van der Waals surface area contributed by atoms with Crippen molar-refractivity contribution in [3.63, 3.8) is 0 Å². The molecule has 0 spiro atoms. The molecule has 4 rings (SSSR count). The van der Waals surface area contributed by atoms with Crippen molar-refractivity contribution >= 4 is 28.4 Å². The van der Waals surface area contributed by atoms with Crippen LogP contribution >= 0.6 is 0 Å². The molecule has 1 saturated heterocycles. The summed E-state index contributed by atoms with van der Waals surface area (Å²) < 4.78 is 0. The molecule has 0 atom stereocenters. The highest BCUT2D eigenvalue weighted by molar-refractivity contribution is 5.90. The number of rotatable bonds is 5. The SMILES string of the molecule is Cc1cccc(N2CCN(C(=O)CNC(=O)Cc3c[nH]c4ccccc34)CC2)c1. The number of H-pyrrole nitrogens is 1. The van der Waals surface area contributed by atoms with Crippen molar-refractivity contribution in [3.8, 4) is 0 Å². The molecule has 2 N–H and O–H groups in total. The van der Waals surface area contributed by atoms with Crippen LogP contribution in [0.3, 0.4) is 0 Å². The predicted octanol–water partition coefficient (Wildman–Crippen LogP) is 2.48. The molecular weight excluding hydrogens is 364 g/mol. The highest BCUT2D eigenvalue weighted by Gasteiger charge is 2.21. The van der Waals surface area contributed by atoms with E-state index in [0.717, 1.165) is 29.6 Å². The van der Waals surface area contributed by atoms with Crippen LogP contribution in [0, 0.1) is 6.92 Å². The number of nitrogens with zero attached hydrogens (tertiary/aromatic N) is 2. The number of aromatic amines is 1. The van der Waals surface area contributed by atoms with Gasteiger partial charge in [-0.3, -0.25) is 9.59 Å². The number of hydrogen-bond donors (Lipinski definition) is 2. The van der Waals surface area contributed by atoms with Gasteiger partial charge < -0.3 is 20.1 Å². The first-order valence-electron chi connectivity index (χ1n) is 10.0. The van der Waals surface area contributed by atoms with Crippen LogP contribution in [-0.2, 0) is 16.0 Å². The Labute approximate surface area is 170 Å². The first kappa shape index (κ1) is 19.1. The van der Waals surface area contributed by atoms with E-state index in [1.54, 1.807) is 0 Å². The number of nitrogens with one attached hydrogen (secondary N) is 2. The van der Waals surface area contributed by atoms with Gasteiger partial charge in [-0.1, -0.05) is 30.3 Å². The van der Waals surface area contributed by atoms with Crippen molar-refractivity contribution in [2.45, 2.75) is 13.3 Å². The molecule has 3 aromatic rings. The maximum atomic E-state index is 12.5. The molecule has 6 heteroatoms. The minimum atomic E-state index is -0.138. The van der Waals surface area contributed by atoms with Crippen molar-refractivity contribution in [1.29, 1.82) is 0 Å². The number of carbonyl (C=O) groups excluding carboxylic acids is 2. The number of amides is 2. The Morgan fingerprint density at radius 2 is 1.83 bits per heavy atom. The van der Waals surface area contributed by atoms with E-state index >= 15 is 0 Å². The zero-order valence-electron chi connectivity index (χ0n) is 16.6. The summed E-state index contributed by atoms with van der Waals surface area (Å²) in [6.07, 6.45) is 2.12. The molecule has 2 heterocycles. The maximum absolute atomic E-state index is 12.5. The van der Waals surface area contributed by atoms with E-state index < -0.39 is 0 Å². The number of fused-ring (bicyclic) bond motifs is 1. The second-order valence-electron chi connectivity index (χ2n) is 7.52. The van der Waals surface area contributed by atoms with E-state index in [9.17, 15) is 9.59 Å². The van der Waals surface area contributed by atoms with Gasteiger partial charge in [0.15, 0.2) is 0 Å². The summed E-state index contributed by atoms with van der Waals surface area (Å²) >= 11 is 0. The van der Waals surface area contributed by atoms with E-state index in [1.165, 1.54) is 11.3 Å². The molecule has 0 saturated carbocycles. The summed E-state index contributed by atoms with van der Waals surface area (Å²) in [5.74, 6) is -0.164. The normalized spacial score (nSPS) is 14.2. The molecule has 2 aromatic carbocycles. The molecule has 1 aliphatic heterocycles. The third-order valence-corrected chi connectivity index (χ3v) is 5.46. The zero-order valence-corrected chi connectivity index (χ0v) is 16.6. The first-order valence-corrected chi connectivity index (χ1v) is 10.0. The van der Waals surface area contributed by atoms with Crippen molar-refractivity contribution in [3.05, 3.63) is 65.9 Å². The van der Waals surface area contributed by atoms with Gasteiger partial charge in [-0.15, -0.1) is 0 Å². The van der Waals surface area contributed by atoms with Gasteiger partial charge in [-0.2, -0.15) is 0 Å². The van der Waals surface area contributed by atoms with Crippen LogP contribution in [-0.4, -0.2) is 54.4 Å². The molecule has 2 amide bonds. The third kappa shape index (κ3) is 4.42. The Bertz CT molecular complexity index is 1020. The van der Waals surface area contributed by atoms with Crippen LogP contribution in [0.4, 0.5) is 5.69 Å². The van der Waals surface area contributed by atoms with Crippen molar-refractivity contribution in [1.82, 2.24) is 15.2 Å². The molecule has 29 heavy (non-hydrogen) atoms. The van der Waals surface area contributed by atoms with E-state index in [2.05, 4.69) is 46.4 Å². The molecule has 1 fully saturated rings. The fourth-order valence-corrected chi connectivity index (χ4v) is 3.84. The number of hydrogen-bond acceptors (Lipinski definition) is 3. The summed E-state index contributed by atoms with van der Waals surface area (Å²) in [6.45, 7) is 5.08. The molecule has 6 nitrogen and oxygen atoms in total. The Balaban J connectivity index is 1.25. The highest BCUT2D eigenvalue weighted by atomic mass is 16.2. The van der Waals surface area contributed by atoms with Gasteiger partial charge in [0, 0.05) is 49.0 Å². The lowest BCUT2D eigenvalue weighted by Gasteiger charge is -2.36. The molecule has 1 aromatic heterocycles. The molecule has 0 aliphatic carbocycles. The van der Waals surface area contributed by atoms with Gasteiger partial charge in [0.05, 0.1) is 13.0 Å². The topological polar surface area (TPSA) is 68.4 Å². The van der Waals surface area contributed by atoms with Gasteiger partial charge in [-0.05, 0) is 36.2 Å². The van der Waals surface area contributed by atoms with Gasteiger partial charge in [0.1, 0.15) is 0 Å². The monoisotopic (exact) mass is 390 g/mol. The molecule has 0 unspecified atom stereocenters. The van der Waals surface area contributed by atoms with Gasteiger partial charge in [0.2, 0.25) is 11.8 Å². The standard InChI is InChI=1S/C23H26N4O2/c1-17-5-4-6-19(13-17)26-9-11-27(12-10-26)23(29)16-25-22(28)14-18-15-24-21-8-3-2-7-20(18)21/h2-8,13,15,24H,9-12,14,16H2,1H3,(H,25,28). The van der Waals surface area contributed by atoms with Crippen molar-refractivity contribution in [2.24, 2.45) is 0 Å². The average Bonchev–Trinajstić information content (AvgIpc) is 3.15. The molecule has 0 bridgehead atoms. The van der Waals surface area contributed by atoms with E-state index in [0.29, 0.717) is 13.1 Å². The highest BCUT2D eigenvalue weighted by Crippen LogP contribution is 2.19. The number of piperazine rings is 1. The van der Waals surface area contributed by atoms with Crippen molar-refractivity contribution in [2.75, 3.05) is 37.6 Å². The van der Waals surface area contributed by atoms with Gasteiger partial charge in [-0.25, -0.2) is 0 Å². The second kappa shape index (κ2) is 8.39. The minimum Gasteiger partial charge on any atom is -0.368 e. The van der Waals surface area contributed by atoms with Gasteiger partial charge >= 0.3 is 0 Å². The molecular formula is C23H26N4O2.